The van der Waals surface area contributed by atoms with Crippen molar-refractivity contribution in [3.05, 3.63) is 35.9 Å². The lowest BCUT2D eigenvalue weighted by molar-refractivity contribution is 0.352. The summed E-state index contributed by atoms with van der Waals surface area (Å²) in [6, 6.07) is 10.3. The minimum atomic E-state index is -5.17. The van der Waals surface area contributed by atoms with Gasteiger partial charge in [0, 0.05) is 23.5 Å². The highest BCUT2D eigenvalue weighted by atomic mass is 32.3. The molecule has 0 fully saturated rings. The Morgan fingerprint density at radius 2 is 1.75 bits per heavy atom. The van der Waals surface area contributed by atoms with Gasteiger partial charge in [-0.25, -0.2) is 0 Å². The van der Waals surface area contributed by atoms with Crippen LogP contribution in [0.1, 0.15) is 12.0 Å². The maximum Gasteiger partial charge on any atom is 0.185 e. The maximum absolute atomic E-state index is 8.52. The van der Waals surface area contributed by atoms with Gasteiger partial charge in [0.2, 0.25) is 0 Å². The second-order valence-electron chi connectivity index (χ2n) is 3.73. The van der Waals surface area contributed by atoms with Gasteiger partial charge in [0.05, 0.1) is 0 Å². The Hall–Kier alpha value is -1.68. The highest BCUT2D eigenvalue weighted by Crippen LogP contribution is 1.96. The van der Waals surface area contributed by atoms with Gasteiger partial charge in [-0.2, -0.15) is 0 Å². The Morgan fingerprint density at radius 1 is 1.20 bits per heavy atom. The minimum absolute atomic E-state index is 0.165. The van der Waals surface area contributed by atoms with Crippen LogP contribution in [0.2, 0.25) is 0 Å². The zero-order chi connectivity index (χ0) is 15.4. The molecule has 0 heterocycles. The number of nitrogens with one attached hydrogen (secondary N) is 1. The molecule has 0 spiro atoms. The van der Waals surface area contributed by atoms with Crippen molar-refractivity contribution in [1.82, 2.24) is 5.32 Å². The van der Waals surface area contributed by atoms with E-state index in [1.54, 1.807) is 0 Å². The SMILES string of the molecule is NC(N)=NCCCNCc1ccccc1.O=S(=O)([O-])[O-]. The smallest absolute Gasteiger partial charge is 0.185 e. The van der Waals surface area contributed by atoms with Gasteiger partial charge in [-0.1, -0.05) is 30.3 Å². The maximum atomic E-state index is 8.52. The fraction of sp³-hybridized carbons (Fsp3) is 0.364. The second kappa shape index (κ2) is 10.1. The summed E-state index contributed by atoms with van der Waals surface area (Å²) in [5.41, 5.74) is 11.7. The zero-order valence-corrected chi connectivity index (χ0v) is 11.7. The average molecular weight is 302 g/mol. The lowest BCUT2D eigenvalue weighted by Crippen LogP contribution is -2.23. The van der Waals surface area contributed by atoms with E-state index < -0.39 is 10.4 Å². The summed E-state index contributed by atoms with van der Waals surface area (Å²) in [4.78, 5) is 3.90. The van der Waals surface area contributed by atoms with E-state index in [2.05, 4.69) is 22.4 Å². The molecule has 9 heteroatoms. The molecule has 5 N–H and O–H groups in total. The molecule has 0 aliphatic carbocycles. The van der Waals surface area contributed by atoms with Crippen molar-refractivity contribution in [2.24, 2.45) is 16.5 Å². The molecule has 8 nitrogen and oxygen atoms in total. The Labute approximate surface area is 118 Å². The van der Waals surface area contributed by atoms with E-state index >= 15 is 0 Å². The van der Waals surface area contributed by atoms with E-state index in [-0.39, 0.29) is 5.96 Å². The van der Waals surface area contributed by atoms with Crippen LogP contribution in [0, 0.1) is 0 Å². The van der Waals surface area contributed by atoms with Crippen molar-refractivity contribution in [3.63, 3.8) is 0 Å². The van der Waals surface area contributed by atoms with Gasteiger partial charge in [-0.15, -0.1) is 0 Å². The lowest BCUT2D eigenvalue weighted by Gasteiger charge is -2.06. The molecule has 1 aromatic carbocycles. The quantitative estimate of drug-likeness (QED) is 0.202. The summed E-state index contributed by atoms with van der Waals surface area (Å²) in [6.07, 6.45) is 0.949. The van der Waals surface area contributed by atoms with E-state index in [1.165, 1.54) is 5.56 Å². The van der Waals surface area contributed by atoms with Crippen LogP contribution in [0.25, 0.3) is 0 Å². The van der Waals surface area contributed by atoms with Gasteiger partial charge in [0.25, 0.3) is 0 Å². The van der Waals surface area contributed by atoms with Gasteiger partial charge in [0.15, 0.2) is 5.96 Å². The standard InChI is InChI=1S/C11H18N4.H2O4S/c12-11(13)15-8-4-7-14-9-10-5-2-1-3-6-10;1-5(2,3)4/h1-3,5-6,14H,4,7-9H2,(H4,12,13,15);(H2,1,2,3,4)/p-2. The average Bonchev–Trinajstić information content (AvgIpc) is 2.32. The number of nitrogens with zero attached hydrogens (tertiary/aromatic N) is 1. The first-order valence-corrected chi connectivity index (χ1v) is 7.09. The molecule has 1 rings (SSSR count). The molecule has 0 unspecified atom stereocenters. The second-order valence-corrected chi connectivity index (χ2v) is 4.55. The van der Waals surface area contributed by atoms with Crippen LogP contribution in [0.15, 0.2) is 35.3 Å². The molecule has 0 radical (unpaired) electrons. The highest BCUT2D eigenvalue weighted by Gasteiger charge is 1.90. The van der Waals surface area contributed by atoms with Crippen LogP contribution < -0.4 is 16.8 Å². The van der Waals surface area contributed by atoms with Crippen molar-refractivity contribution in [2.45, 2.75) is 13.0 Å². The molecule has 114 valence electrons. The molecule has 1 aromatic rings. The van der Waals surface area contributed by atoms with E-state index in [4.69, 9.17) is 29.0 Å². The summed E-state index contributed by atoms with van der Waals surface area (Å²) in [6.45, 7) is 2.50. The number of nitrogens with two attached hydrogens (primary N) is 2. The van der Waals surface area contributed by atoms with Crippen LogP contribution >= 0.6 is 0 Å². The summed E-state index contributed by atoms with van der Waals surface area (Å²) in [7, 11) is -5.17. The molecule has 0 saturated carbocycles. The number of hydrogen-bond acceptors (Lipinski definition) is 6. The molecule has 0 aliphatic rings. The molecule has 0 bridgehead atoms. The largest absolute Gasteiger partial charge is 0.759 e. The van der Waals surface area contributed by atoms with Gasteiger partial charge in [-0.3, -0.25) is 13.4 Å². The lowest BCUT2D eigenvalue weighted by atomic mass is 10.2. The third-order valence-corrected chi connectivity index (χ3v) is 1.98. The number of rotatable bonds is 6. The minimum Gasteiger partial charge on any atom is -0.759 e. The zero-order valence-electron chi connectivity index (χ0n) is 10.9. The fourth-order valence-electron chi connectivity index (χ4n) is 1.24. The van der Waals surface area contributed by atoms with E-state index in [9.17, 15) is 0 Å². The Kier molecular flexibility index (Phi) is 9.30. The molecular weight excluding hydrogens is 284 g/mol. The molecule has 0 aliphatic heterocycles. The molecule has 0 amide bonds. The van der Waals surface area contributed by atoms with E-state index in [0.29, 0.717) is 6.54 Å². The first kappa shape index (κ1) is 18.3. The Balaban J connectivity index is 0.000000621. The van der Waals surface area contributed by atoms with Crippen LogP contribution in [0.4, 0.5) is 0 Å². The number of aliphatic imine (C=N–C) groups is 1. The predicted octanol–water partition coefficient (Wildman–Crippen LogP) is -0.898. The summed E-state index contributed by atoms with van der Waals surface area (Å²) >= 11 is 0. The van der Waals surface area contributed by atoms with Crippen molar-refractivity contribution >= 4 is 16.4 Å². The predicted molar refractivity (Wildman–Crippen MR) is 73.9 cm³/mol. The van der Waals surface area contributed by atoms with Gasteiger partial charge in [-0.05, 0) is 18.5 Å². The Morgan fingerprint density at radius 3 is 2.25 bits per heavy atom. The van der Waals surface area contributed by atoms with Crippen LogP contribution in [-0.4, -0.2) is 36.6 Å². The summed E-state index contributed by atoms with van der Waals surface area (Å²) in [5, 5.41) is 3.32. The highest BCUT2D eigenvalue weighted by molar-refractivity contribution is 7.79. The van der Waals surface area contributed by atoms with Crippen LogP contribution in [0.3, 0.4) is 0 Å². The van der Waals surface area contributed by atoms with Gasteiger partial charge < -0.3 is 25.9 Å². The fourth-order valence-corrected chi connectivity index (χ4v) is 1.24. The molecule has 0 saturated heterocycles. The normalized spacial score (nSPS) is 10.3. The van der Waals surface area contributed by atoms with Crippen LogP contribution in [0.5, 0.6) is 0 Å². The van der Waals surface area contributed by atoms with E-state index in [1.807, 2.05) is 18.2 Å². The summed E-state index contributed by atoms with van der Waals surface area (Å²) < 4.78 is 34.1. The van der Waals surface area contributed by atoms with Gasteiger partial charge in [0.1, 0.15) is 0 Å². The van der Waals surface area contributed by atoms with E-state index in [0.717, 1.165) is 19.5 Å². The van der Waals surface area contributed by atoms with Gasteiger partial charge >= 0.3 is 0 Å². The molecule has 0 aromatic heterocycles. The third kappa shape index (κ3) is 16.3. The number of benzene rings is 1. The molecule has 0 atom stereocenters. The number of guanidine groups is 1. The third-order valence-electron chi connectivity index (χ3n) is 1.98. The van der Waals surface area contributed by atoms with Crippen molar-refractivity contribution in [3.8, 4) is 0 Å². The van der Waals surface area contributed by atoms with Crippen LogP contribution in [-0.2, 0) is 16.9 Å². The van der Waals surface area contributed by atoms with Crippen molar-refractivity contribution < 1.29 is 17.5 Å². The van der Waals surface area contributed by atoms with Crippen molar-refractivity contribution in [2.75, 3.05) is 13.1 Å². The number of hydrogen-bond donors (Lipinski definition) is 3. The molecular formula is C11H18N4O4S-2. The molecule has 20 heavy (non-hydrogen) atoms. The van der Waals surface area contributed by atoms with Crippen molar-refractivity contribution in [1.29, 1.82) is 0 Å². The monoisotopic (exact) mass is 302 g/mol. The summed E-state index contributed by atoms with van der Waals surface area (Å²) in [5.74, 6) is 0.165. The Bertz CT molecular complexity index is 478. The topological polar surface area (TPSA) is 157 Å². The first-order valence-electron chi connectivity index (χ1n) is 5.76. The first-order chi connectivity index (χ1) is 9.29.